The molecule has 0 bridgehead atoms. The fourth-order valence-electron chi connectivity index (χ4n) is 4.14. The Morgan fingerprint density at radius 2 is 1.45 bits per heavy atom. The number of hydrogen-bond acceptors (Lipinski definition) is 5. The van der Waals surface area contributed by atoms with Crippen molar-refractivity contribution < 1.29 is 31.5 Å². The molecule has 4 rings (SSSR count). The summed E-state index contributed by atoms with van der Waals surface area (Å²) in [6.45, 7) is 5.28. The number of thiocarbonyl (C=S) groups is 1. The lowest BCUT2D eigenvalue weighted by molar-refractivity contribution is 0.0977. The van der Waals surface area contributed by atoms with Crippen LogP contribution >= 0.6 is 12.2 Å². The van der Waals surface area contributed by atoms with Crippen LogP contribution in [-0.2, 0) is 0 Å². The molecule has 0 radical (unpaired) electrons. The number of carbonyl (C=O) groups is 1. The summed E-state index contributed by atoms with van der Waals surface area (Å²) < 4.78 is 74.6. The maximum Gasteiger partial charge on any atom is 0.257 e. The first-order valence-electron chi connectivity index (χ1n) is 12.5. The molecular formula is C28H27F5N4O2S. The van der Waals surface area contributed by atoms with Gasteiger partial charge >= 0.3 is 0 Å². The highest BCUT2D eigenvalue weighted by Crippen LogP contribution is 2.31. The van der Waals surface area contributed by atoms with Gasteiger partial charge in [-0.3, -0.25) is 10.1 Å². The van der Waals surface area contributed by atoms with E-state index in [1.807, 2.05) is 18.7 Å². The van der Waals surface area contributed by atoms with E-state index in [9.17, 15) is 26.7 Å². The number of anilines is 3. The Kier molecular flexibility index (Phi) is 9.08. The van der Waals surface area contributed by atoms with Gasteiger partial charge < -0.3 is 19.9 Å². The van der Waals surface area contributed by atoms with Crippen LogP contribution in [0.1, 0.15) is 24.2 Å². The summed E-state index contributed by atoms with van der Waals surface area (Å²) in [5, 5.41) is 5.67. The molecule has 6 nitrogen and oxygen atoms in total. The zero-order chi connectivity index (χ0) is 29.0. The van der Waals surface area contributed by atoms with Crippen LogP contribution in [0, 0.1) is 35.0 Å². The van der Waals surface area contributed by atoms with E-state index in [1.54, 1.807) is 48.5 Å². The summed E-state index contributed by atoms with van der Waals surface area (Å²) in [4.78, 5) is 15.7. The number of amides is 1. The molecule has 212 valence electrons. The van der Waals surface area contributed by atoms with Crippen LogP contribution < -0.4 is 25.2 Å². The molecular weight excluding hydrogens is 551 g/mol. The van der Waals surface area contributed by atoms with E-state index < -0.39 is 40.7 Å². The molecule has 1 aliphatic heterocycles. The number of piperazine rings is 1. The van der Waals surface area contributed by atoms with Gasteiger partial charge in [0.15, 0.2) is 28.4 Å². The van der Waals surface area contributed by atoms with Crippen LogP contribution in [-0.4, -0.2) is 43.8 Å². The number of ether oxygens (including phenoxy) is 1. The molecule has 3 aromatic rings. The third kappa shape index (κ3) is 6.61. The Morgan fingerprint density at radius 3 is 2.05 bits per heavy atom. The molecule has 0 saturated carbocycles. The summed E-state index contributed by atoms with van der Waals surface area (Å²) in [7, 11) is 0. The molecule has 1 heterocycles. The second-order valence-corrected chi connectivity index (χ2v) is 9.99. The molecule has 12 heteroatoms. The normalized spacial score (nSPS) is 13.4. The van der Waals surface area contributed by atoms with Gasteiger partial charge in [-0.15, -0.1) is 0 Å². The number of benzene rings is 3. The molecule has 0 spiro atoms. The predicted molar refractivity (Wildman–Crippen MR) is 148 cm³/mol. The van der Waals surface area contributed by atoms with Crippen LogP contribution in [0.25, 0.3) is 0 Å². The minimum atomic E-state index is -2.17. The van der Waals surface area contributed by atoms with Crippen molar-refractivity contribution in [1.29, 1.82) is 0 Å². The van der Waals surface area contributed by atoms with Crippen LogP contribution in [0.5, 0.6) is 5.75 Å². The van der Waals surface area contributed by atoms with Crippen LogP contribution in [0.4, 0.5) is 39.0 Å². The summed E-state index contributed by atoms with van der Waals surface area (Å²) >= 11 is 5.27. The molecule has 1 amide bonds. The molecule has 0 unspecified atom stereocenters. The van der Waals surface area contributed by atoms with Crippen molar-refractivity contribution in [2.45, 2.75) is 13.8 Å². The van der Waals surface area contributed by atoms with E-state index in [2.05, 4.69) is 10.6 Å². The second kappa shape index (κ2) is 12.5. The number of rotatable bonds is 7. The second-order valence-electron chi connectivity index (χ2n) is 9.58. The van der Waals surface area contributed by atoms with Crippen molar-refractivity contribution in [3.8, 4) is 5.75 Å². The highest BCUT2D eigenvalue weighted by molar-refractivity contribution is 7.80. The van der Waals surface area contributed by atoms with Gasteiger partial charge in [0, 0.05) is 43.1 Å². The van der Waals surface area contributed by atoms with Gasteiger partial charge in [0.05, 0.1) is 6.61 Å². The monoisotopic (exact) mass is 578 g/mol. The van der Waals surface area contributed by atoms with Crippen LogP contribution in [0.2, 0.25) is 0 Å². The highest BCUT2D eigenvalue weighted by Gasteiger charge is 2.30. The molecule has 1 aliphatic rings. The Labute approximate surface area is 233 Å². The van der Waals surface area contributed by atoms with Crippen molar-refractivity contribution in [2.75, 3.05) is 47.9 Å². The summed E-state index contributed by atoms with van der Waals surface area (Å²) in [5.74, 6) is -9.23. The van der Waals surface area contributed by atoms with E-state index in [0.717, 1.165) is 10.6 Å². The Bertz CT molecular complexity index is 1370. The average Bonchev–Trinajstić information content (AvgIpc) is 2.95. The van der Waals surface area contributed by atoms with Crippen molar-refractivity contribution >= 4 is 40.3 Å². The fraction of sp³-hybridized carbons (Fsp3) is 0.286. The first-order valence-corrected chi connectivity index (χ1v) is 12.9. The number of nitrogens with one attached hydrogen (secondary N) is 2. The van der Waals surface area contributed by atoms with Gasteiger partial charge in [0.25, 0.3) is 5.91 Å². The molecule has 3 aromatic carbocycles. The Hall–Kier alpha value is -3.93. The van der Waals surface area contributed by atoms with E-state index >= 15 is 0 Å². The zero-order valence-corrected chi connectivity index (χ0v) is 22.6. The lowest BCUT2D eigenvalue weighted by Gasteiger charge is -2.37. The average molecular weight is 579 g/mol. The van der Waals surface area contributed by atoms with Gasteiger partial charge in [-0.2, -0.15) is 0 Å². The summed E-state index contributed by atoms with van der Waals surface area (Å²) in [6, 6.07) is 13.8. The van der Waals surface area contributed by atoms with Crippen LogP contribution in [0.15, 0.2) is 48.5 Å². The van der Waals surface area contributed by atoms with Gasteiger partial charge in [-0.05, 0) is 60.6 Å². The summed E-state index contributed by atoms with van der Waals surface area (Å²) in [5.41, 5.74) is 0.880. The number of hydrogen-bond donors (Lipinski definition) is 2. The molecule has 0 atom stereocenters. The van der Waals surface area contributed by atoms with Gasteiger partial charge in [0.1, 0.15) is 11.4 Å². The number of carbonyl (C=O) groups excluding carboxylic acids is 1. The number of halogens is 5. The van der Waals surface area contributed by atoms with Crippen molar-refractivity contribution in [3.05, 3.63) is 83.2 Å². The third-order valence-corrected chi connectivity index (χ3v) is 6.38. The van der Waals surface area contributed by atoms with Crippen molar-refractivity contribution in [2.24, 2.45) is 5.92 Å². The maximum absolute atomic E-state index is 14.2. The quantitative estimate of drug-likeness (QED) is 0.158. The Morgan fingerprint density at radius 1 is 0.875 bits per heavy atom. The first kappa shape index (κ1) is 29.1. The third-order valence-electron chi connectivity index (χ3n) is 6.18. The zero-order valence-electron chi connectivity index (χ0n) is 21.7. The minimum Gasteiger partial charge on any atom is -0.493 e. The van der Waals surface area contributed by atoms with E-state index in [-0.39, 0.29) is 18.2 Å². The van der Waals surface area contributed by atoms with Gasteiger partial charge in [-0.25, -0.2) is 22.0 Å². The lowest BCUT2D eigenvalue weighted by atomic mass is 10.2. The van der Waals surface area contributed by atoms with Gasteiger partial charge in [-0.1, -0.05) is 19.9 Å². The van der Waals surface area contributed by atoms with Crippen LogP contribution in [0.3, 0.4) is 0 Å². The number of nitrogens with zero attached hydrogens (tertiary/aromatic N) is 2. The molecule has 0 aromatic heterocycles. The molecule has 1 saturated heterocycles. The van der Waals surface area contributed by atoms with E-state index in [4.69, 9.17) is 17.0 Å². The van der Waals surface area contributed by atoms with Gasteiger partial charge in [0.2, 0.25) is 5.82 Å². The molecule has 40 heavy (non-hydrogen) atoms. The molecule has 0 aliphatic carbocycles. The standard InChI is InChI=1S/C28H27F5N4O2S/c1-16(2)15-39-20-5-3-4-17(14-20)27(38)35-28(40)34-18-6-8-19(9-7-18)36-10-12-37(13-11-36)26-24(32)22(30)21(29)23(31)25(26)33/h3-9,14,16H,10-13,15H2,1-2H3,(H2,34,35,38,40). The van der Waals surface area contributed by atoms with Crippen molar-refractivity contribution in [3.63, 3.8) is 0 Å². The fourth-order valence-corrected chi connectivity index (χ4v) is 4.35. The topological polar surface area (TPSA) is 56.8 Å². The highest BCUT2D eigenvalue weighted by atomic mass is 32.1. The molecule has 1 fully saturated rings. The first-order chi connectivity index (χ1) is 19.0. The largest absolute Gasteiger partial charge is 0.493 e. The SMILES string of the molecule is CC(C)COc1cccc(C(=O)NC(=S)Nc2ccc(N3CCN(c4c(F)c(F)c(F)c(F)c4F)CC3)cc2)c1. The Balaban J connectivity index is 1.31. The lowest BCUT2D eigenvalue weighted by Crippen LogP contribution is -2.47. The van der Waals surface area contributed by atoms with E-state index in [1.165, 1.54) is 0 Å². The maximum atomic E-state index is 14.2. The smallest absolute Gasteiger partial charge is 0.257 e. The predicted octanol–water partition coefficient (Wildman–Crippen LogP) is 5.87. The summed E-state index contributed by atoms with van der Waals surface area (Å²) in [6.07, 6.45) is 0. The van der Waals surface area contributed by atoms with Crippen molar-refractivity contribution in [1.82, 2.24) is 5.32 Å². The minimum absolute atomic E-state index is 0.0538. The molecule has 2 N–H and O–H groups in total. The van der Waals surface area contributed by atoms with E-state index in [0.29, 0.717) is 42.6 Å².